The first kappa shape index (κ1) is 16.4. The first-order valence-corrected chi connectivity index (χ1v) is 9.72. The fourth-order valence-corrected chi connectivity index (χ4v) is 3.88. The second-order valence-electron chi connectivity index (χ2n) is 5.93. The third kappa shape index (κ3) is 2.89. The van der Waals surface area contributed by atoms with Crippen LogP contribution in [0.25, 0.3) is 11.4 Å². The Balaban J connectivity index is 1.89. The summed E-state index contributed by atoms with van der Waals surface area (Å²) >= 11 is 7.81. The lowest BCUT2D eigenvalue weighted by molar-refractivity contribution is 0.598. The van der Waals surface area contributed by atoms with Gasteiger partial charge in [-0.2, -0.15) is 0 Å². The van der Waals surface area contributed by atoms with Crippen LogP contribution >= 0.6 is 23.4 Å². The summed E-state index contributed by atoms with van der Waals surface area (Å²) in [5.41, 5.74) is 3.43. The van der Waals surface area contributed by atoms with E-state index in [4.69, 9.17) is 11.6 Å². The number of rotatable bonds is 4. The summed E-state index contributed by atoms with van der Waals surface area (Å²) in [7, 11) is 0. The van der Waals surface area contributed by atoms with Crippen molar-refractivity contribution >= 4 is 23.4 Å². The van der Waals surface area contributed by atoms with Crippen LogP contribution in [0.5, 0.6) is 0 Å². The smallest absolute Gasteiger partial charge is 0.270 e. The van der Waals surface area contributed by atoms with Gasteiger partial charge in [-0.1, -0.05) is 41.6 Å². The van der Waals surface area contributed by atoms with Crippen LogP contribution in [0.1, 0.15) is 17.5 Å². The summed E-state index contributed by atoms with van der Waals surface area (Å²) < 4.78 is 3.88. The zero-order chi connectivity index (χ0) is 17.4. The minimum Gasteiger partial charge on any atom is -0.280 e. The molecular weight excluding hydrogens is 356 g/mol. The third-order valence-electron chi connectivity index (χ3n) is 4.45. The normalized spacial score (nSPS) is 13.2. The van der Waals surface area contributed by atoms with Crippen molar-refractivity contribution < 1.29 is 0 Å². The van der Waals surface area contributed by atoms with Gasteiger partial charge in [-0.25, -0.2) is 14.6 Å². The minimum atomic E-state index is 0.0525. The molecule has 3 aromatic rings. The summed E-state index contributed by atoms with van der Waals surface area (Å²) in [4.78, 5) is 21.8. The molecule has 0 amide bonds. The zero-order valence-corrected chi connectivity index (χ0v) is 15.3. The van der Waals surface area contributed by atoms with Gasteiger partial charge < -0.3 is 0 Å². The van der Waals surface area contributed by atoms with Gasteiger partial charge in [0.05, 0.1) is 17.0 Å². The fraction of sp³-hybridized carbons (Fsp3) is 0.278. The van der Waals surface area contributed by atoms with Crippen LogP contribution in [-0.2, 0) is 19.5 Å². The second kappa shape index (κ2) is 6.69. The molecule has 0 radical (unpaired) electrons. The van der Waals surface area contributed by atoms with Crippen LogP contribution in [0.3, 0.4) is 0 Å². The molecule has 0 unspecified atom stereocenters. The van der Waals surface area contributed by atoms with Crippen LogP contribution in [0.2, 0.25) is 5.02 Å². The van der Waals surface area contributed by atoms with Crippen LogP contribution in [-0.4, -0.2) is 25.6 Å². The largest absolute Gasteiger partial charge is 0.280 e. The number of aromatic nitrogens is 4. The maximum absolute atomic E-state index is 13.0. The Hall–Kier alpha value is -2.05. The molecule has 1 aliphatic rings. The summed E-state index contributed by atoms with van der Waals surface area (Å²) in [5.74, 6) is 0. The number of benzene rings is 1. The molecule has 0 N–H and O–H groups in total. The van der Waals surface area contributed by atoms with Gasteiger partial charge in [-0.05, 0) is 30.4 Å². The molecule has 0 atom stereocenters. The average molecular weight is 373 g/mol. The van der Waals surface area contributed by atoms with Gasteiger partial charge in [-0.15, -0.1) is 0 Å². The van der Waals surface area contributed by atoms with Crippen LogP contribution < -0.4 is 5.56 Å². The van der Waals surface area contributed by atoms with Gasteiger partial charge in [0, 0.05) is 30.7 Å². The van der Waals surface area contributed by atoms with Gasteiger partial charge in [0.25, 0.3) is 5.56 Å². The second-order valence-corrected chi connectivity index (χ2v) is 7.11. The van der Waals surface area contributed by atoms with E-state index in [1.165, 1.54) is 11.8 Å². The van der Waals surface area contributed by atoms with Gasteiger partial charge >= 0.3 is 0 Å². The number of hydrogen-bond donors (Lipinski definition) is 0. The summed E-state index contributed by atoms with van der Waals surface area (Å²) in [6, 6.07) is 9.53. The van der Waals surface area contributed by atoms with Crippen molar-refractivity contribution in [2.75, 3.05) is 6.26 Å². The monoisotopic (exact) mass is 372 g/mol. The van der Waals surface area contributed by atoms with Crippen molar-refractivity contribution in [3.63, 3.8) is 0 Å². The molecule has 25 heavy (non-hydrogen) atoms. The average Bonchev–Trinajstić information content (AvgIpc) is 3.20. The summed E-state index contributed by atoms with van der Waals surface area (Å²) in [5, 5.41) is 1.38. The molecule has 0 saturated carbocycles. The molecule has 0 saturated heterocycles. The van der Waals surface area contributed by atoms with Crippen molar-refractivity contribution in [2.45, 2.75) is 31.1 Å². The number of nitrogens with zero attached hydrogens (tertiary/aromatic N) is 4. The highest BCUT2D eigenvalue weighted by molar-refractivity contribution is 7.98. The first-order chi connectivity index (χ1) is 12.2. The maximum Gasteiger partial charge on any atom is 0.270 e. The Morgan fingerprint density at radius 3 is 2.80 bits per heavy atom. The van der Waals surface area contributed by atoms with E-state index in [1.807, 2.05) is 41.3 Å². The van der Waals surface area contributed by atoms with Gasteiger partial charge in [0.2, 0.25) is 0 Å². The number of hydrogen-bond acceptors (Lipinski definition) is 4. The van der Waals surface area contributed by atoms with Gasteiger partial charge in [-0.3, -0.25) is 9.48 Å². The van der Waals surface area contributed by atoms with Crippen molar-refractivity contribution in [2.24, 2.45) is 0 Å². The molecule has 1 aromatic carbocycles. The van der Waals surface area contributed by atoms with E-state index in [9.17, 15) is 4.79 Å². The molecular formula is C18H17ClN4OS. The SMILES string of the molecule is CSc1nccc(-c2c(Cc3ccccc3Cl)c(=O)n3n2CCC3)n1. The predicted octanol–water partition coefficient (Wildman–Crippen LogP) is 3.48. The van der Waals surface area contributed by atoms with E-state index in [1.54, 1.807) is 6.20 Å². The minimum absolute atomic E-state index is 0.0525. The summed E-state index contributed by atoms with van der Waals surface area (Å²) in [6.45, 7) is 1.57. The Bertz CT molecular complexity index is 995. The highest BCUT2D eigenvalue weighted by Crippen LogP contribution is 2.28. The lowest BCUT2D eigenvalue weighted by Gasteiger charge is -2.09. The lowest BCUT2D eigenvalue weighted by Crippen LogP contribution is -2.18. The van der Waals surface area contributed by atoms with Crippen LogP contribution in [0, 0.1) is 0 Å². The number of thioether (sulfide) groups is 1. The quantitative estimate of drug-likeness (QED) is 0.519. The topological polar surface area (TPSA) is 52.7 Å². The number of fused-ring (bicyclic) bond motifs is 1. The van der Waals surface area contributed by atoms with Crippen molar-refractivity contribution in [1.82, 2.24) is 19.3 Å². The Labute approximate surface area is 154 Å². The summed E-state index contributed by atoms with van der Waals surface area (Å²) in [6.07, 6.45) is 5.16. The lowest BCUT2D eigenvalue weighted by atomic mass is 10.0. The third-order valence-corrected chi connectivity index (χ3v) is 5.38. The Morgan fingerprint density at radius 1 is 1.20 bits per heavy atom. The molecule has 3 heterocycles. The van der Waals surface area contributed by atoms with E-state index >= 15 is 0 Å². The zero-order valence-electron chi connectivity index (χ0n) is 13.8. The van der Waals surface area contributed by atoms with E-state index in [2.05, 4.69) is 14.6 Å². The van der Waals surface area contributed by atoms with Gasteiger partial charge in [0.1, 0.15) is 0 Å². The molecule has 4 rings (SSSR count). The fourth-order valence-electron chi connectivity index (χ4n) is 3.32. The van der Waals surface area contributed by atoms with E-state index in [0.717, 1.165) is 42.0 Å². The molecule has 128 valence electrons. The van der Waals surface area contributed by atoms with E-state index in [-0.39, 0.29) is 5.56 Å². The number of halogens is 1. The Morgan fingerprint density at radius 2 is 2.00 bits per heavy atom. The van der Waals surface area contributed by atoms with E-state index < -0.39 is 0 Å². The molecule has 0 spiro atoms. The van der Waals surface area contributed by atoms with Crippen molar-refractivity contribution in [3.8, 4) is 11.4 Å². The molecule has 0 fully saturated rings. The molecule has 7 heteroatoms. The maximum atomic E-state index is 13.0. The molecule has 0 aliphatic carbocycles. The molecule has 0 bridgehead atoms. The van der Waals surface area contributed by atoms with Crippen molar-refractivity contribution in [3.05, 3.63) is 63.0 Å². The first-order valence-electron chi connectivity index (χ1n) is 8.12. The highest BCUT2D eigenvalue weighted by Gasteiger charge is 2.25. The predicted molar refractivity (Wildman–Crippen MR) is 100 cm³/mol. The highest BCUT2D eigenvalue weighted by atomic mass is 35.5. The van der Waals surface area contributed by atoms with Crippen molar-refractivity contribution in [1.29, 1.82) is 0 Å². The van der Waals surface area contributed by atoms with Crippen LogP contribution in [0.4, 0.5) is 0 Å². The molecule has 5 nitrogen and oxygen atoms in total. The van der Waals surface area contributed by atoms with Crippen LogP contribution in [0.15, 0.2) is 46.5 Å². The molecule has 1 aliphatic heterocycles. The Kier molecular flexibility index (Phi) is 4.39. The molecule has 2 aromatic heterocycles. The standard InChI is InChI=1S/C18H17ClN4OS/c1-25-18-20-8-7-15(21-18)16-13(11-12-5-2-3-6-14(12)19)17(24)23-10-4-9-22(16)23/h2-3,5-8H,4,9-11H2,1H3. The van der Waals surface area contributed by atoms with E-state index in [0.29, 0.717) is 16.6 Å². The van der Waals surface area contributed by atoms with Gasteiger partial charge in [0.15, 0.2) is 5.16 Å².